The van der Waals surface area contributed by atoms with Crippen molar-refractivity contribution in [2.45, 2.75) is 61.3 Å². The number of ketones is 1. The number of hydrogen-bond acceptors (Lipinski definition) is 1. The Labute approximate surface area is 118 Å². The van der Waals surface area contributed by atoms with Gasteiger partial charge in [-0.15, -0.1) is 0 Å². The zero-order valence-corrected chi connectivity index (χ0v) is 13.6. The van der Waals surface area contributed by atoms with Gasteiger partial charge in [-0.3, -0.25) is 4.79 Å². The Morgan fingerprint density at radius 1 is 1.26 bits per heavy atom. The molecule has 19 heavy (non-hydrogen) atoms. The van der Waals surface area contributed by atoms with Gasteiger partial charge in [0.15, 0.2) is 5.78 Å². The summed E-state index contributed by atoms with van der Waals surface area (Å²) in [5.74, 6) is 1.47. The van der Waals surface area contributed by atoms with Crippen molar-refractivity contribution in [3.8, 4) is 0 Å². The minimum absolute atomic E-state index is 0.250. The van der Waals surface area contributed by atoms with Crippen LogP contribution in [0.4, 0.5) is 0 Å². The smallest absolute Gasteiger partial charge is 0.156 e. The molecule has 0 amide bonds. The molecule has 0 aromatic heterocycles. The van der Waals surface area contributed by atoms with Crippen molar-refractivity contribution >= 4 is 5.78 Å². The predicted octanol–water partition coefficient (Wildman–Crippen LogP) is 4.93. The molecular weight excluding hydrogens is 232 g/mol. The standard InChI is InChI=1S/C18H28O/c1-11-8-16-15(9-14(11)13(3)19)17(4,5)10-12(2)18(16,6)7/h8,12,15H,9-10H2,1-7H3/t12-,15?/m0/s1. The van der Waals surface area contributed by atoms with E-state index in [1.807, 2.05) is 0 Å². The molecule has 0 aliphatic heterocycles. The molecule has 0 bridgehead atoms. The lowest BCUT2D eigenvalue weighted by atomic mass is 9.51. The molecule has 2 aliphatic rings. The van der Waals surface area contributed by atoms with Crippen LogP contribution in [0.2, 0.25) is 0 Å². The summed E-state index contributed by atoms with van der Waals surface area (Å²) in [5.41, 5.74) is 4.36. The molecule has 1 fully saturated rings. The van der Waals surface area contributed by atoms with Crippen molar-refractivity contribution in [1.82, 2.24) is 0 Å². The first-order valence-corrected chi connectivity index (χ1v) is 7.50. The third-order valence-electron chi connectivity index (χ3n) is 5.81. The molecule has 2 aliphatic carbocycles. The molecule has 1 unspecified atom stereocenters. The van der Waals surface area contributed by atoms with Gasteiger partial charge in [-0.1, -0.05) is 46.3 Å². The summed E-state index contributed by atoms with van der Waals surface area (Å²) in [4.78, 5) is 11.8. The highest BCUT2D eigenvalue weighted by Crippen LogP contribution is 2.58. The van der Waals surface area contributed by atoms with Crippen LogP contribution in [0.25, 0.3) is 0 Å². The molecule has 0 N–H and O–H groups in total. The van der Waals surface area contributed by atoms with E-state index in [0.717, 1.165) is 12.0 Å². The quantitative estimate of drug-likeness (QED) is 0.653. The van der Waals surface area contributed by atoms with E-state index in [1.165, 1.54) is 12.0 Å². The number of allylic oxidation sites excluding steroid dienone is 4. The topological polar surface area (TPSA) is 17.1 Å². The molecule has 0 heterocycles. The maximum absolute atomic E-state index is 11.8. The van der Waals surface area contributed by atoms with Crippen molar-refractivity contribution < 1.29 is 4.79 Å². The molecule has 0 aromatic carbocycles. The molecule has 0 spiro atoms. The highest BCUT2D eigenvalue weighted by molar-refractivity contribution is 5.95. The van der Waals surface area contributed by atoms with Crippen molar-refractivity contribution in [1.29, 1.82) is 0 Å². The van der Waals surface area contributed by atoms with Crippen LogP contribution >= 0.6 is 0 Å². The Bertz CT molecular complexity index is 474. The lowest BCUT2D eigenvalue weighted by Gasteiger charge is -2.53. The lowest BCUT2D eigenvalue weighted by Crippen LogP contribution is -2.44. The maximum Gasteiger partial charge on any atom is 0.156 e. The van der Waals surface area contributed by atoms with Crippen LogP contribution in [0.15, 0.2) is 22.8 Å². The van der Waals surface area contributed by atoms with E-state index in [0.29, 0.717) is 17.3 Å². The zero-order chi connectivity index (χ0) is 14.6. The second-order valence-corrected chi connectivity index (χ2v) is 7.89. The second kappa shape index (κ2) is 4.33. The maximum atomic E-state index is 11.8. The Morgan fingerprint density at radius 3 is 2.37 bits per heavy atom. The average Bonchev–Trinajstić information content (AvgIpc) is 2.25. The van der Waals surface area contributed by atoms with Crippen molar-refractivity contribution in [2.75, 3.05) is 0 Å². The highest BCUT2D eigenvalue weighted by Gasteiger charge is 2.48. The van der Waals surface area contributed by atoms with Gasteiger partial charge in [-0.2, -0.15) is 0 Å². The Kier molecular flexibility index (Phi) is 3.32. The molecule has 1 saturated carbocycles. The molecule has 1 nitrogen and oxygen atoms in total. The first-order valence-electron chi connectivity index (χ1n) is 7.50. The molecule has 0 aromatic rings. The Morgan fingerprint density at radius 2 is 1.84 bits per heavy atom. The van der Waals surface area contributed by atoms with Gasteiger partial charge in [-0.05, 0) is 60.5 Å². The van der Waals surface area contributed by atoms with Gasteiger partial charge in [-0.25, -0.2) is 0 Å². The van der Waals surface area contributed by atoms with Gasteiger partial charge in [0.25, 0.3) is 0 Å². The van der Waals surface area contributed by atoms with Crippen LogP contribution in [0.1, 0.15) is 61.3 Å². The van der Waals surface area contributed by atoms with E-state index < -0.39 is 0 Å². The lowest BCUT2D eigenvalue weighted by molar-refractivity contribution is -0.114. The van der Waals surface area contributed by atoms with Crippen LogP contribution in [0, 0.1) is 22.7 Å². The zero-order valence-electron chi connectivity index (χ0n) is 13.6. The van der Waals surface area contributed by atoms with E-state index in [2.05, 4.69) is 47.6 Å². The van der Waals surface area contributed by atoms with Crippen LogP contribution in [0.5, 0.6) is 0 Å². The number of Topliss-reactive ketones (excluding diaryl/α,β-unsaturated/α-hetero) is 1. The second-order valence-electron chi connectivity index (χ2n) is 7.89. The number of carbonyl (C=O) groups is 1. The van der Waals surface area contributed by atoms with Crippen LogP contribution < -0.4 is 0 Å². The van der Waals surface area contributed by atoms with Gasteiger partial charge in [0.2, 0.25) is 0 Å². The van der Waals surface area contributed by atoms with E-state index >= 15 is 0 Å². The monoisotopic (exact) mass is 260 g/mol. The van der Waals surface area contributed by atoms with E-state index in [1.54, 1.807) is 12.5 Å². The fraction of sp³-hybridized carbons (Fsp3) is 0.722. The largest absolute Gasteiger partial charge is 0.295 e. The third kappa shape index (κ3) is 2.22. The Balaban J connectivity index is 2.55. The van der Waals surface area contributed by atoms with Gasteiger partial charge in [0.1, 0.15) is 0 Å². The molecule has 106 valence electrons. The summed E-state index contributed by atoms with van der Waals surface area (Å²) in [6.07, 6.45) is 4.50. The van der Waals surface area contributed by atoms with E-state index in [9.17, 15) is 4.79 Å². The number of carbonyl (C=O) groups excluding carboxylic acids is 1. The number of rotatable bonds is 1. The fourth-order valence-electron chi connectivity index (χ4n) is 4.12. The molecule has 0 radical (unpaired) electrons. The SMILES string of the molecule is CC(=O)C1=C(C)C=C2C(C1)C(C)(C)C[C@H](C)C2(C)C. The number of fused-ring (bicyclic) bond motifs is 1. The molecular formula is C18H28O. The summed E-state index contributed by atoms with van der Waals surface area (Å²) in [5, 5.41) is 0. The molecule has 2 rings (SSSR count). The Hall–Kier alpha value is -0.850. The summed E-state index contributed by atoms with van der Waals surface area (Å²) < 4.78 is 0. The van der Waals surface area contributed by atoms with E-state index in [-0.39, 0.29) is 11.2 Å². The van der Waals surface area contributed by atoms with Crippen molar-refractivity contribution in [3.05, 3.63) is 22.8 Å². The summed E-state index contributed by atoms with van der Waals surface area (Å²) >= 11 is 0. The average molecular weight is 260 g/mol. The van der Waals surface area contributed by atoms with E-state index in [4.69, 9.17) is 0 Å². The first kappa shape index (κ1) is 14.6. The van der Waals surface area contributed by atoms with Crippen LogP contribution in [-0.4, -0.2) is 5.78 Å². The molecule has 0 saturated heterocycles. The van der Waals surface area contributed by atoms with Gasteiger partial charge in [0.05, 0.1) is 0 Å². The summed E-state index contributed by atoms with van der Waals surface area (Å²) in [6.45, 7) is 15.7. The van der Waals surface area contributed by atoms with Crippen LogP contribution in [0.3, 0.4) is 0 Å². The molecule has 2 atom stereocenters. The van der Waals surface area contributed by atoms with Gasteiger partial charge >= 0.3 is 0 Å². The predicted molar refractivity (Wildman–Crippen MR) is 80.9 cm³/mol. The number of hydrogen-bond donors (Lipinski definition) is 0. The van der Waals surface area contributed by atoms with Gasteiger partial charge in [0, 0.05) is 0 Å². The van der Waals surface area contributed by atoms with Crippen molar-refractivity contribution in [2.24, 2.45) is 22.7 Å². The minimum atomic E-state index is 0.250. The summed E-state index contributed by atoms with van der Waals surface area (Å²) in [6, 6.07) is 0. The van der Waals surface area contributed by atoms with Crippen molar-refractivity contribution in [3.63, 3.8) is 0 Å². The minimum Gasteiger partial charge on any atom is -0.295 e. The fourth-order valence-corrected chi connectivity index (χ4v) is 4.12. The highest BCUT2D eigenvalue weighted by atomic mass is 16.1. The molecule has 1 heteroatoms. The normalized spacial score (nSPS) is 32.7. The summed E-state index contributed by atoms with van der Waals surface area (Å²) in [7, 11) is 0. The van der Waals surface area contributed by atoms with Gasteiger partial charge < -0.3 is 0 Å². The van der Waals surface area contributed by atoms with Crippen LogP contribution in [-0.2, 0) is 4.79 Å². The first-order chi connectivity index (χ1) is 8.57. The third-order valence-corrected chi connectivity index (χ3v) is 5.81.